The van der Waals surface area contributed by atoms with Crippen LogP contribution in [0.15, 0.2) is 99.2 Å². The van der Waals surface area contributed by atoms with Crippen LogP contribution in [0.5, 0.6) is 17.2 Å². The summed E-state index contributed by atoms with van der Waals surface area (Å²) in [7, 11) is -16.5. The zero-order chi connectivity index (χ0) is 75.0. The summed E-state index contributed by atoms with van der Waals surface area (Å²) in [5.41, 5.74) is 12.7. The van der Waals surface area contributed by atoms with Crippen LogP contribution in [0.25, 0.3) is 50.2 Å². The molecule has 0 radical (unpaired) electrons. The monoisotopic (exact) mass is 1520 g/mol. The smallest absolute Gasteiger partial charge is 0.489 e. The summed E-state index contributed by atoms with van der Waals surface area (Å²) < 4.78 is 74.2. The lowest BCUT2D eigenvalue weighted by Crippen LogP contribution is -2.45. The first-order valence-corrected chi connectivity index (χ1v) is 39.7. The highest BCUT2D eigenvalue weighted by Gasteiger charge is 2.44. The molecule has 1 aliphatic carbocycles. The Morgan fingerprint density at radius 3 is 2.18 bits per heavy atom. The molecule has 6 atom stereocenters. The van der Waals surface area contributed by atoms with E-state index in [1.54, 1.807) is 12.1 Å². The number of ether oxygens (including phenoxy) is 2. The van der Waals surface area contributed by atoms with Gasteiger partial charge in [0, 0.05) is 112 Å². The van der Waals surface area contributed by atoms with Crippen LogP contribution in [-0.2, 0) is 63.8 Å². The van der Waals surface area contributed by atoms with Crippen LogP contribution in [0.3, 0.4) is 0 Å². The molecule has 0 bridgehead atoms. The van der Waals surface area contributed by atoms with Crippen LogP contribution in [0.4, 0.5) is 11.6 Å². The van der Waals surface area contributed by atoms with Crippen molar-refractivity contribution in [3.05, 3.63) is 178 Å². The number of carbonyl (C=O) groups excluding carboxylic acids is 2. The Morgan fingerprint density at radius 2 is 1.41 bits per heavy atom. The van der Waals surface area contributed by atoms with Gasteiger partial charge in [0.25, 0.3) is 17.4 Å². The van der Waals surface area contributed by atoms with Gasteiger partial charge in [-0.15, -0.1) is 0 Å². The summed E-state index contributed by atoms with van der Waals surface area (Å²) in [5.74, 6) is -2.97. The number of phenols is 1. The number of nitrogens with two attached hydrogens (primary N) is 1. The van der Waals surface area contributed by atoms with Gasteiger partial charge in [0.2, 0.25) is 11.3 Å². The van der Waals surface area contributed by atoms with Crippen LogP contribution in [0, 0.1) is 0 Å². The van der Waals surface area contributed by atoms with E-state index in [0.717, 1.165) is 117 Å². The number of aromatic hydroxyl groups is 1. The normalized spacial score (nSPS) is 18.9. The summed E-state index contributed by atoms with van der Waals surface area (Å²) in [6.45, 7) is 2.48. The molecule has 1 fully saturated rings. The third-order valence-corrected chi connectivity index (χ3v) is 24.8. The van der Waals surface area contributed by atoms with Crippen molar-refractivity contribution in [3.8, 4) is 39.7 Å². The molecular weight excluding hydrogens is 1450 g/mol. The Kier molecular flexibility index (Phi) is 19.8. The third-order valence-electron chi connectivity index (χ3n) is 20.4. The number of aromatic nitrogens is 4. The number of rotatable bonds is 25. The number of aliphatic hydroxyl groups is 1. The number of hydrogen-bond donors (Lipinski definition) is 12. The molecule has 2 amide bonds. The van der Waals surface area contributed by atoms with Gasteiger partial charge < -0.3 is 70.3 Å². The maximum atomic E-state index is 14.5. The average molecular weight is 1520 g/mol. The van der Waals surface area contributed by atoms with E-state index in [4.69, 9.17) is 24.1 Å². The van der Waals surface area contributed by atoms with Crippen LogP contribution in [-0.4, -0.2) is 136 Å². The number of carboxylic acids is 2. The molecule has 558 valence electrons. The highest BCUT2D eigenvalue weighted by molar-refractivity contribution is 7.67. The van der Waals surface area contributed by atoms with E-state index in [0.29, 0.717) is 36.8 Å². The number of benzene rings is 6. The van der Waals surface area contributed by atoms with E-state index in [-0.39, 0.29) is 111 Å². The maximum Gasteiger partial charge on any atom is 0.489 e. The van der Waals surface area contributed by atoms with Gasteiger partial charge in [-0.05, 0) is 129 Å². The standard InChI is InChI=1S/C72H73N10O22P3/c73-72-78-66-60(69(88)79-72)76-36-82(66)57-33-54(85)56(100-57)35-99-106(95,96)104-107(97,98)103-105(93,94)77-23-5-3-1-2-4-22-74-67(86)39-14-17-42(48(30-39)70(89)90)58-44-19-16-41(83)32-55(44)101-63-45(58)20-21-53(84)52(63)34-75-68(87)40-15-18-43(49(31-40)71(91)92)59-50-28-37-10-6-24-80-26-8-12-46(61(37)80)64(50)102-65-47-13-9-27-81-25-7-11-38(62(47)81)29-51(59)65/h14-21,28-32,36,54,56-57,85H,1-13,22-27,33-35H2,(H11-,73,74,75,77,78,79,83,84,86,87,88,89,90,91,92,93,94,95,96,97,98)/p+1/t54-,56+,57?/m0/s1. The van der Waals surface area contributed by atoms with Gasteiger partial charge >= 0.3 is 35.3 Å². The molecule has 4 unspecified atom stereocenters. The summed E-state index contributed by atoms with van der Waals surface area (Å²) in [6.07, 6.45) is 6.87. The van der Waals surface area contributed by atoms with Gasteiger partial charge in [0.1, 0.15) is 54.0 Å². The molecule has 0 saturated carbocycles. The number of phosphoric acid groups is 2. The van der Waals surface area contributed by atoms with Crippen molar-refractivity contribution >= 4 is 86.5 Å². The predicted octanol–water partition coefficient (Wildman–Crippen LogP) is 7.02. The van der Waals surface area contributed by atoms with Crippen molar-refractivity contribution in [2.45, 2.75) is 115 Å². The number of hydrogen-bond acceptors (Lipinski definition) is 21. The zero-order valence-corrected chi connectivity index (χ0v) is 60.0. The number of amides is 2. The SMILES string of the molecule is Nc1nc2c(ncn2C2C[C@H](O)[C@@H](COP(=O)(O)OP(=O)(O)OP(=O)(O)NCCCCCCCNC(=O)c3ccc(-c4c5ccc(=O)cc-5oc5c(CNC(=O)c6ccc(C7=c8cc9c%10c(c8Oc8c7cc7c%11c8CCCN%11CCC7)CCC[N+]=%10CCC9)c(C(=O)O)c6)c(O)ccc45)c(C(=O)O)c3)O2)c(=O)[nH]1. The van der Waals surface area contributed by atoms with Crippen LogP contribution >= 0.6 is 23.4 Å². The van der Waals surface area contributed by atoms with Crippen molar-refractivity contribution < 1.29 is 95.0 Å². The average Bonchev–Trinajstić information content (AvgIpc) is 1.43. The van der Waals surface area contributed by atoms with Crippen molar-refractivity contribution in [2.75, 3.05) is 56.5 Å². The lowest BCUT2D eigenvalue weighted by molar-refractivity contribution is -0.0423. The van der Waals surface area contributed by atoms with Gasteiger partial charge in [-0.2, -0.15) is 13.6 Å². The molecule has 2 aromatic heterocycles. The minimum Gasteiger partial charge on any atom is -0.507 e. The molecule has 15 rings (SSSR count). The highest BCUT2D eigenvalue weighted by atomic mass is 31.3. The van der Waals surface area contributed by atoms with E-state index in [2.05, 4.69) is 60.9 Å². The molecule has 7 aliphatic heterocycles. The minimum absolute atomic E-state index is 0.00443. The lowest BCUT2D eigenvalue weighted by Gasteiger charge is -2.39. The second-order valence-corrected chi connectivity index (χ2v) is 32.1. The van der Waals surface area contributed by atoms with Crippen molar-refractivity contribution in [1.29, 1.82) is 0 Å². The molecule has 5 aromatic carbocycles. The first-order chi connectivity index (χ1) is 51.3. The number of phosphoric ester groups is 1. The number of aliphatic hydroxyl groups excluding tert-OH is 1. The number of nitrogens with one attached hydrogen (secondary N) is 4. The van der Waals surface area contributed by atoms with Gasteiger partial charge in [0.15, 0.2) is 16.6 Å². The fourth-order valence-corrected chi connectivity index (χ4v) is 19.4. The Bertz CT molecular complexity index is 5600. The Labute approximate surface area is 607 Å². The predicted molar refractivity (Wildman–Crippen MR) is 386 cm³/mol. The van der Waals surface area contributed by atoms with E-state index in [1.807, 2.05) is 0 Å². The number of unbranched alkanes of at least 4 members (excludes halogenated alkanes) is 4. The van der Waals surface area contributed by atoms with E-state index in [9.17, 15) is 77.6 Å². The van der Waals surface area contributed by atoms with Crippen molar-refractivity contribution in [1.82, 2.24) is 39.8 Å². The minimum atomic E-state index is -5.78. The van der Waals surface area contributed by atoms with Gasteiger partial charge in [-0.3, -0.25) is 33.3 Å². The molecule has 1 saturated heterocycles. The van der Waals surface area contributed by atoms with Gasteiger partial charge in [0.05, 0.1) is 47.8 Å². The highest BCUT2D eigenvalue weighted by Crippen LogP contribution is 2.66. The Hall–Kier alpha value is -9.78. The quantitative estimate of drug-likeness (QED) is 0.0118. The maximum absolute atomic E-state index is 14.5. The molecule has 9 heterocycles. The number of H-pyrrole nitrogens is 1. The van der Waals surface area contributed by atoms with Crippen LogP contribution in [0.1, 0.15) is 151 Å². The zero-order valence-electron chi connectivity index (χ0n) is 57.3. The first kappa shape index (κ1) is 72.8. The fraction of sp³-hybridized carbons (Fsp3) is 0.347. The topological polar surface area (TPSA) is 469 Å². The summed E-state index contributed by atoms with van der Waals surface area (Å²) in [5, 5.41) is 54.1. The van der Waals surface area contributed by atoms with Crippen LogP contribution in [0.2, 0.25) is 0 Å². The number of carboxylic acid groups (broad SMARTS) is 2. The molecule has 0 spiro atoms. The van der Waals surface area contributed by atoms with Gasteiger partial charge in [-0.25, -0.2) is 37.9 Å². The number of nitrogen functional groups attached to an aromatic ring is 1. The number of phenolic OH excluding ortho intramolecular Hbond substituents is 1. The van der Waals surface area contributed by atoms with E-state index in [1.165, 1.54) is 87.7 Å². The number of carbonyl (C=O) groups is 4. The molecule has 13 N–H and O–H groups in total. The van der Waals surface area contributed by atoms with Crippen molar-refractivity contribution in [2.24, 2.45) is 0 Å². The molecule has 32 nitrogen and oxygen atoms in total. The number of aromatic carboxylic acids is 2. The third kappa shape index (κ3) is 14.4. The van der Waals surface area contributed by atoms with Crippen molar-refractivity contribution in [3.63, 3.8) is 0 Å². The molecule has 107 heavy (non-hydrogen) atoms. The number of imidazole rings is 1. The number of fused-ring (bicyclic) bond motifs is 7. The second kappa shape index (κ2) is 29.1. The molecule has 8 aliphatic rings. The largest absolute Gasteiger partial charge is 0.507 e. The van der Waals surface area contributed by atoms with E-state index >= 15 is 0 Å². The summed E-state index contributed by atoms with van der Waals surface area (Å²) in [6, 6.07) is 19.9. The summed E-state index contributed by atoms with van der Waals surface area (Å²) >= 11 is 0. The Balaban J connectivity index is 0.584. The summed E-state index contributed by atoms with van der Waals surface area (Å²) in [4.78, 5) is 124. The second-order valence-electron chi connectivity index (χ2n) is 27.3. The Morgan fingerprint density at radius 1 is 0.729 bits per heavy atom. The first-order valence-electron chi connectivity index (χ1n) is 35.1. The molecule has 7 aromatic rings. The number of nitrogens with zero attached hydrogens (tertiary/aromatic N) is 5. The number of aromatic amines is 1. The lowest BCUT2D eigenvalue weighted by atomic mass is 9.81. The number of aryl methyl sites for hydroxylation is 2. The van der Waals surface area contributed by atoms with Crippen LogP contribution < -0.4 is 57.2 Å². The fourth-order valence-electron chi connectivity index (χ4n) is 15.7. The van der Waals surface area contributed by atoms with E-state index < -0.39 is 83.2 Å². The molecule has 35 heteroatoms. The molecular formula is C72H74N10O22P3+. The number of anilines is 2. The van der Waals surface area contributed by atoms with Gasteiger partial charge in [-0.1, -0.05) is 31.4 Å².